The highest BCUT2D eigenvalue weighted by Crippen LogP contribution is 2.18. The number of benzene rings is 1. The number of carbonyl (C=O) groups excluding carboxylic acids is 2. The van der Waals surface area contributed by atoms with Crippen molar-refractivity contribution in [2.24, 2.45) is 0 Å². The maximum Gasteiger partial charge on any atom is 0.311 e. The van der Waals surface area contributed by atoms with Gasteiger partial charge in [-0.3, -0.25) is 9.59 Å². The van der Waals surface area contributed by atoms with E-state index in [1.54, 1.807) is 0 Å². The molecule has 0 unspecified atom stereocenters. The highest BCUT2D eigenvalue weighted by atomic mass is 16.6. The van der Waals surface area contributed by atoms with E-state index in [2.05, 4.69) is 6.92 Å². The molecule has 7 heteroatoms. The molecule has 0 bridgehead atoms. The number of hydrogen-bond donors (Lipinski definition) is 0. The minimum absolute atomic E-state index is 0.165. The molecule has 200 valence electrons. The van der Waals surface area contributed by atoms with Crippen molar-refractivity contribution in [3.8, 4) is 5.75 Å². The molecule has 0 spiro atoms. The van der Waals surface area contributed by atoms with Crippen molar-refractivity contribution >= 4 is 17.6 Å². The lowest BCUT2D eigenvalue weighted by molar-refractivity contribution is -0.145. The van der Waals surface area contributed by atoms with Crippen LogP contribution in [0.5, 0.6) is 5.75 Å². The van der Waals surface area contributed by atoms with Crippen LogP contribution in [0.4, 0.5) is 5.69 Å². The van der Waals surface area contributed by atoms with Crippen LogP contribution in [-0.4, -0.2) is 59.1 Å². The Kier molecular flexibility index (Phi) is 18.7. The Labute approximate surface area is 212 Å². The molecule has 0 saturated heterocycles. The van der Waals surface area contributed by atoms with E-state index in [0.717, 1.165) is 57.2 Å². The summed E-state index contributed by atoms with van der Waals surface area (Å²) in [5.74, 6) is 0.229. The van der Waals surface area contributed by atoms with E-state index >= 15 is 0 Å². The van der Waals surface area contributed by atoms with E-state index < -0.39 is 0 Å². The molecule has 1 aromatic carbocycles. The van der Waals surface area contributed by atoms with Crippen LogP contribution >= 0.6 is 0 Å². The minimum Gasteiger partial charge on any atom is -0.463 e. The molecular formula is C28H47NO6. The highest BCUT2D eigenvalue weighted by Gasteiger charge is 2.06. The first-order valence-corrected chi connectivity index (χ1v) is 13.3. The van der Waals surface area contributed by atoms with Crippen molar-refractivity contribution in [3.05, 3.63) is 24.3 Å². The molecule has 0 saturated carbocycles. The molecule has 0 aliphatic rings. The second-order valence-electron chi connectivity index (χ2n) is 8.99. The summed E-state index contributed by atoms with van der Waals surface area (Å²) >= 11 is 0. The van der Waals surface area contributed by atoms with Crippen molar-refractivity contribution in [1.82, 2.24) is 0 Å². The van der Waals surface area contributed by atoms with Crippen LogP contribution in [0.25, 0.3) is 0 Å². The molecule has 0 aliphatic heterocycles. The van der Waals surface area contributed by atoms with Gasteiger partial charge in [0, 0.05) is 39.2 Å². The van der Waals surface area contributed by atoms with Gasteiger partial charge in [-0.1, -0.05) is 51.9 Å². The smallest absolute Gasteiger partial charge is 0.311 e. The molecule has 0 amide bonds. The van der Waals surface area contributed by atoms with Gasteiger partial charge in [0.05, 0.1) is 19.8 Å². The number of nitrogens with zero attached hydrogens (tertiary/aromatic N) is 1. The fourth-order valence-corrected chi connectivity index (χ4v) is 3.48. The first-order chi connectivity index (χ1) is 17.0. The molecule has 0 heterocycles. The standard InChI is InChI=1S/C28H47NO6/c1-4-5-6-13-20-32-21-22-33-23-24-34-27(30)14-11-9-7-8-10-12-15-28(31)35-26-18-16-25(17-19-26)29(2)3/h16-19H,4-15,20-24H2,1-3H3. The first-order valence-electron chi connectivity index (χ1n) is 13.3. The summed E-state index contributed by atoms with van der Waals surface area (Å²) in [7, 11) is 3.94. The Morgan fingerprint density at radius 2 is 1.20 bits per heavy atom. The van der Waals surface area contributed by atoms with Gasteiger partial charge < -0.3 is 23.8 Å². The topological polar surface area (TPSA) is 74.3 Å². The number of esters is 2. The normalized spacial score (nSPS) is 10.8. The van der Waals surface area contributed by atoms with Gasteiger partial charge in [-0.25, -0.2) is 0 Å². The van der Waals surface area contributed by atoms with Gasteiger partial charge in [0.1, 0.15) is 12.4 Å². The van der Waals surface area contributed by atoms with Crippen molar-refractivity contribution in [3.63, 3.8) is 0 Å². The van der Waals surface area contributed by atoms with Gasteiger partial charge in [-0.05, 0) is 43.5 Å². The van der Waals surface area contributed by atoms with Crippen LogP contribution in [0.15, 0.2) is 24.3 Å². The van der Waals surface area contributed by atoms with Gasteiger partial charge in [-0.15, -0.1) is 0 Å². The molecule has 0 aromatic heterocycles. The molecule has 0 aliphatic carbocycles. The Bertz CT molecular complexity index is 662. The molecule has 0 atom stereocenters. The number of carbonyl (C=O) groups is 2. The average molecular weight is 494 g/mol. The lowest BCUT2D eigenvalue weighted by Gasteiger charge is -2.12. The summed E-state index contributed by atoms with van der Waals surface area (Å²) in [5.41, 5.74) is 1.07. The molecule has 35 heavy (non-hydrogen) atoms. The Hall–Kier alpha value is -2.12. The molecule has 1 rings (SSSR count). The second kappa shape index (κ2) is 21.2. The molecule has 0 fully saturated rings. The maximum absolute atomic E-state index is 12.0. The van der Waals surface area contributed by atoms with Gasteiger partial charge in [-0.2, -0.15) is 0 Å². The zero-order valence-electron chi connectivity index (χ0n) is 22.2. The van der Waals surface area contributed by atoms with E-state index in [1.165, 1.54) is 19.3 Å². The zero-order chi connectivity index (χ0) is 25.6. The first kappa shape index (κ1) is 30.9. The van der Waals surface area contributed by atoms with Crippen molar-refractivity contribution in [1.29, 1.82) is 0 Å². The van der Waals surface area contributed by atoms with E-state index in [1.807, 2.05) is 43.3 Å². The highest BCUT2D eigenvalue weighted by molar-refractivity contribution is 5.72. The van der Waals surface area contributed by atoms with Gasteiger partial charge in [0.15, 0.2) is 0 Å². The summed E-state index contributed by atoms with van der Waals surface area (Å²) in [4.78, 5) is 25.7. The maximum atomic E-state index is 12.0. The van der Waals surface area contributed by atoms with Crippen molar-refractivity contribution in [2.45, 2.75) is 84.0 Å². The van der Waals surface area contributed by atoms with Crippen LogP contribution in [-0.2, 0) is 23.8 Å². The van der Waals surface area contributed by atoms with Crippen LogP contribution in [0.2, 0.25) is 0 Å². The third-order valence-electron chi connectivity index (χ3n) is 5.60. The van der Waals surface area contributed by atoms with E-state index in [4.69, 9.17) is 18.9 Å². The zero-order valence-corrected chi connectivity index (χ0v) is 22.2. The molecule has 0 radical (unpaired) electrons. The van der Waals surface area contributed by atoms with Crippen molar-refractivity contribution in [2.75, 3.05) is 52.0 Å². The van der Waals surface area contributed by atoms with Crippen molar-refractivity contribution < 1.29 is 28.5 Å². The lowest BCUT2D eigenvalue weighted by atomic mass is 10.1. The molecular weight excluding hydrogens is 446 g/mol. The molecule has 1 aromatic rings. The third-order valence-corrected chi connectivity index (χ3v) is 5.60. The Morgan fingerprint density at radius 3 is 1.83 bits per heavy atom. The summed E-state index contributed by atoms with van der Waals surface area (Å²) in [6.07, 6.45) is 11.4. The number of anilines is 1. The monoisotopic (exact) mass is 493 g/mol. The molecule has 7 nitrogen and oxygen atoms in total. The van der Waals surface area contributed by atoms with Gasteiger partial charge in [0.2, 0.25) is 0 Å². The fourth-order valence-electron chi connectivity index (χ4n) is 3.48. The Morgan fingerprint density at radius 1 is 0.657 bits per heavy atom. The van der Waals surface area contributed by atoms with Crippen LogP contribution < -0.4 is 9.64 Å². The van der Waals surface area contributed by atoms with E-state index in [9.17, 15) is 9.59 Å². The van der Waals surface area contributed by atoms with E-state index in [0.29, 0.717) is 45.0 Å². The predicted molar refractivity (Wildman–Crippen MR) is 140 cm³/mol. The largest absolute Gasteiger partial charge is 0.463 e. The van der Waals surface area contributed by atoms with Crippen LogP contribution in [0.3, 0.4) is 0 Å². The second-order valence-corrected chi connectivity index (χ2v) is 8.99. The van der Waals surface area contributed by atoms with Crippen LogP contribution in [0.1, 0.15) is 84.0 Å². The summed E-state index contributed by atoms with van der Waals surface area (Å²) in [5, 5.41) is 0. The van der Waals surface area contributed by atoms with Gasteiger partial charge >= 0.3 is 11.9 Å². The quantitative estimate of drug-likeness (QED) is 0.112. The number of unbranched alkanes of at least 4 members (excludes halogenated alkanes) is 8. The fraction of sp³-hybridized carbons (Fsp3) is 0.714. The third kappa shape index (κ3) is 17.9. The number of hydrogen-bond acceptors (Lipinski definition) is 7. The molecule has 0 N–H and O–H groups in total. The predicted octanol–water partition coefficient (Wildman–Crippen LogP) is 5.94. The SMILES string of the molecule is CCCCCCOCCOCCOC(=O)CCCCCCCCC(=O)Oc1ccc(N(C)C)cc1. The summed E-state index contributed by atoms with van der Waals surface area (Å²) < 4.78 is 21.5. The Balaban J connectivity index is 1.86. The van der Waals surface area contributed by atoms with Crippen LogP contribution in [0, 0.1) is 0 Å². The van der Waals surface area contributed by atoms with E-state index in [-0.39, 0.29) is 11.9 Å². The minimum atomic E-state index is -0.190. The van der Waals surface area contributed by atoms with Gasteiger partial charge in [0.25, 0.3) is 0 Å². The average Bonchev–Trinajstić information content (AvgIpc) is 2.84. The lowest BCUT2D eigenvalue weighted by Crippen LogP contribution is -2.13. The summed E-state index contributed by atoms with van der Waals surface area (Å²) in [6, 6.07) is 7.49. The number of ether oxygens (including phenoxy) is 4. The summed E-state index contributed by atoms with van der Waals surface area (Å²) in [6.45, 7) is 4.82. The number of rotatable bonds is 22.